The predicted octanol–water partition coefficient (Wildman–Crippen LogP) is 2.26. The van der Waals surface area contributed by atoms with E-state index in [0.29, 0.717) is 6.42 Å². The molecular formula is C6H9F2. The molecule has 0 aliphatic heterocycles. The summed E-state index contributed by atoms with van der Waals surface area (Å²) in [4.78, 5) is 0. The van der Waals surface area contributed by atoms with Gasteiger partial charge in [-0.2, -0.15) is 0 Å². The van der Waals surface area contributed by atoms with E-state index >= 15 is 0 Å². The Hall–Kier alpha value is -0.140. The number of hydrogen-bond donors (Lipinski definition) is 0. The van der Waals surface area contributed by atoms with Gasteiger partial charge < -0.3 is 0 Å². The lowest BCUT2D eigenvalue weighted by molar-refractivity contribution is 0.0518. The predicted molar refractivity (Wildman–Crippen MR) is 27.6 cm³/mol. The zero-order valence-electron chi connectivity index (χ0n) is 4.82. The summed E-state index contributed by atoms with van der Waals surface area (Å²) < 4.78 is 23.4. The Kier molecular flexibility index (Phi) is 1.49. The second kappa shape index (κ2) is 2.00. The number of halogens is 2. The first-order valence-corrected chi connectivity index (χ1v) is 2.82. The SMILES string of the molecule is C[C]1CCC1C(F)F. The van der Waals surface area contributed by atoms with Crippen LogP contribution >= 0.6 is 0 Å². The minimum atomic E-state index is -2.11. The van der Waals surface area contributed by atoms with E-state index in [1.165, 1.54) is 0 Å². The third kappa shape index (κ3) is 0.837. The fraction of sp³-hybridized carbons (Fsp3) is 0.833. The van der Waals surface area contributed by atoms with Crippen LogP contribution < -0.4 is 0 Å². The third-order valence-corrected chi connectivity index (χ3v) is 1.79. The second-order valence-electron chi connectivity index (χ2n) is 2.33. The molecule has 0 heterocycles. The van der Waals surface area contributed by atoms with Gasteiger partial charge in [-0.05, 0) is 18.8 Å². The molecule has 1 radical (unpaired) electrons. The van der Waals surface area contributed by atoms with E-state index in [2.05, 4.69) is 0 Å². The van der Waals surface area contributed by atoms with Crippen LogP contribution in [0.5, 0.6) is 0 Å². The lowest BCUT2D eigenvalue weighted by Gasteiger charge is -2.32. The zero-order chi connectivity index (χ0) is 6.15. The normalized spacial score (nSPS) is 30.8. The maximum absolute atomic E-state index is 11.7. The molecule has 0 aromatic heterocycles. The molecule has 0 nitrogen and oxygen atoms in total. The van der Waals surface area contributed by atoms with Crippen LogP contribution in [0.25, 0.3) is 0 Å². The molecule has 1 saturated carbocycles. The molecular weight excluding hydrogens is 110 g/mol. The quantitative estimate of drug-likeness (QED) is 0.496. The monoisotopic (exact) mass is 119 g/mol. The van der Waals surface area contributed by atoms with E-state index in [-0.39, 0.29) is 5.92 Å². The van der Waals surface area contributed by atoms with Crippen LogP contribution in [-0.4, -0.2) is 6.43 Å². The standard InChI is InChI=1S/C6H9F2/c1-4-2-3-5(4)6(7)8/h5-6H,2-3H2,1H3. The summed E-state index contributed by atoms with van der Waals surface area (Å²) in [6.07, 6.45) is -0.498. The zero-order valence-corrected chi connectivity index (χ0v) is 4.82. The molecule has 1 rings (SSSR count). The van der Waals surface area contributed by atoms with Gasteiger partial charge >= 0.3 is 0 Å². The van der Waals surface area contributed by atoms with Crippen LogP contribution in [0.3, 0.4) is 0 Å². The maximum atomic E-state index is 11.7. The molecule has 1 aliphatic rings. The van der Waals surface area contributed by atoms with Gasteiger partial charge in [0, 0.05) is 5.92 Å². The Bertz CT molecular complexity index is 75.8. The van der Waals surface area contributed by atoms with Crippen molar-refractivity contribution in [1.82, 2.24) is 0 Å². The topological polar surface area (TPSA) is 0 Å². The van der Waals surface area contributed by atoms with Crippen LogP contribution in [0.2, 0.25) is 0 Å². The molecule has 0 aromatic rings. The minimum Gasteiger partial charge on any atom is -0.210 e. The number of hydrogen-bond acceptors (Lipinski definition) is 0. The molecule has 1 aliphatic carbocycles. The molecule has 1 unspecified atom stereocenters. The first-order valence-electron chi connectivity index (χ1n) is 2.82. The molecule has 0 amide bonds. The van der Waals surface area contributed by atoms with Crippen LogP contribution in [-0.2, 0) is 0 Å². The van der Waals surface area contributed by atoms with Gasteiger partial charge in [0.05, 0.1) is 0 Å². The van der Waals surface area contributed by atoms with Gasteiger partial charge in [-0.1, -0.05) is 6.92 Å². The summed E-state index contributed by atoms with van der Waals surface area (Å²) in [6, 6.07) is 0. The molecule has 47 valence electrons. The maximum Gasteiger partial charge on any atom is 0.241 e. The van der Waals surface area contributed by atoms with Crippen molar-refractivity contribution in [2.45, 2.75) is 26.2 Å². The average Bonchev–Trinajstić information content (AvgIpc) is 1.61. The van der Waals surface area contributed by atoms with Crippen LogP contribution in [0, 0.1) is 11.8 Å². The summed E-state index contributed by atoms with van der Waals surface area (Å²) in [5.41, 5.74) is 0. The Balaban J connectivity index is 2.26. The van der Waals surface area contributed by atoms with Crippen molar-refractivity contribution in [3.8, 4) is 0 Å². The molecule has 0 aromatic carbocycles. The number of alkyl halides is 2. The van der Waals surface area contributed by atoms with Gasteiger partial charge in [0.1, 0.15) is 0 Å². The van der Waals surface area contributed by atoms with E-state index < -0.39 is 6.43 Å². The van der Waals surface area contributed by atoms with E-state index in [1.807, 2.05) is 0 Å². The van der Waals surface area contributed by atoms with Gasteiger partial charge in [-0.25, -0.2) is 8.78 Å². The summed E-state index contributed by atoms with van der Waals surface area (Å²) >= 11 is 0. The molecule has 0 saturated heterocycles. The third-order valence-electron chi connectivity index (χ3n) is 1.79. The Labute approximate surface area is 47.9 Å². The van der Waals surface area contributed by atoms with Crippen molar-refractivity contribution in [2.24, 2.45) is 5.92 Å². The Morgan fingerprint density at radius 2 is 2.25 bits per heavy atom. The summed E-state index contributed by atoms with van der Waals surface area (Å²) in [5, 5.41) is 0. The molecule has 1 atom stereocenters. The molecule has 8 heavy (non-hydrogen) atoms. The largest absolute Gasteiger partial charge is 0.241 e. The summed E-state index contributed by atoms with van der Waals surface area (Å²) in [6.45, 7) is 1.81. The minimum absolute atomic E-state index is 0.366. The van der Waals surface area contributed by atoms with Crippen molar-refractivity contribution in [2.75, 3.05) is 0 Å². The van der Waals surface area contributed by atoms with Crippen LogP contribution in [0.1, 0.15) is 19.8 Å². The first-order chi connectivity index (χ1) is 3.72. The summed E-state index contributed by atoms with van der Waals surface area (Å²) in [5.74, 6) is 0.606. The smallest absolute Gasteiger partial charge is 0.210 e. The van der Waals surface area contributed by atoms with E-state index in [4.69, 9.17) is 0 Å². The molecule has 0 N–H and O–H groups in total. The second-order valence-corrected chi connectivity index (χ2v) is 2.33. The first kappa shape index (κ1) is 5.99. The average molecular weight is 119 g/mol. The molecule has 0 spiro atoms. The highest BCUT2D eigenvalue weighted by Gasteiger charge is 2.34. The van der Waals surface area contributed by atoms with Crippen molar-refractivity contribution in [1.29, 1.82) is 0 Å². The van der Waals surface area contributed by atoms with Gasteiger partial charge in [-0.15, -0.1) is 0 Å². The summed E-state index contributed by atoms with van der Waals surface area (Å²) in [7, 11) is 0. The molecule has 2 heteroatoms. The number of rotatable bonds is 1. The highest BCUT2D eigenvalue weighted by atomic mass is 19.3. The van der Waals surface area contributed by atoms with Gasteiger partial charge in [-0.3, -0.25) is 0 Å². The van der Waals surface area contributed by atoms with Crippen molar-refractivity contribution in [3.63, 3.8) is 0 Å². The van der Waals surface area contributed by atoms with Gasteiger partial charge in [0.15, 0.2) is 0 Å². The lowest BCUT2D eigenvalue weighted by Crippen LogP contribution is -2.27. The highest BCUT2D eigenvalue weighted by Crippen LogP contribution is 2.39. The fourth-order valence-corrected chi connectivity index (χ4v) is 0.941. The Morgan fingerprint density at radius 1 is 1.62 bits per heavy atom. The van der Waals surface area contributed by atoms with Gasteiger partial charge in [0.25, 0.3) is 0 Å². The van der Waals surface area contributed by atoms with Crippen LogP contribution in [0.15, 0.2) is 0 Å². The fourth-order valence-electron chi connectivity index (χ4n) is 0.941. The van der Waals surface area contributed by atoms with Crippen molar-refractivity contribution < 1.29 is 8.78 Å². The van der Waals surface area contributed by atoms with Gasteiger partial charge in [0.2, 0.25) is 6.43 Å². The molecule has 1 fully saturated rings. The van der Waals surface area contributed by atoms with E-state index in [1.54, 1.807) is 6.92 Å². The lowest BCUT2D eigenvalue weighted by atomic mass is 9.75. The van der Waals surface area contributed by atoms with E-state index in [9.17, 15) is 8.78 Å². The van der Waals surface area contributed by atoms with Crippen molar-refractivity contribution in [3.05, 3.63) is 5.92 Å². The van der Waals surface area contributed by atoms with Crippen LogP contribution in [0.4, 0.5) is 8.78 Å². The molecule has 0 bridgehead atoms. The van der Waals surface area contributed by atoms with E-state index in [0.717, 1.165) is 12.3 Å². The Morgan fingerprint density at radius 3 is 2.25 bits per heavy atom. The van der Waals surface area contributed by atoms with Crippen molar-refractivity contribution >= 4 is 0 Å². The highest BCUT2D eigenvalue weighted by molar-refractivity contribution is 5.02.